The van der Waals surface area contributed by atoms with Crippen molar-refractivity contribution in [3.8, 4) is 0 Å². The van der Waals surface area contributed by atoms with Crippen molar-refractivity contribution in [2.75, 3.05) is 0 Å². The van der Waals surface area contributed by atoms with Crippen LogP contribution in [0.4, 0.5) is 5.69 Å². The Morgan fingerprint density at radius 1 is 1.47 bits per heavy atom. The molecule has 0 aliphatic heterocycles. The summed E-state index contributed by atoms with van der Waals surface area (Å²) in [6.07, 6.45) is 2.89. The van der Waals surface area contributed by atoms with Crippen molar-refractivity contribution in [1.29, 1.82) is 0 Å². The van der Waals surface area contributed by atoms with E-state index in [1.165, 1.54) is 24.0 Å². The molecule has 2 aromatic heterocycles. The fourth-order valence-corrected chi connectivity index (χ4v) is 2.14. The van der Waals surface area contributed by atoms with Crippen LogP contribution in [-0.4, -0.2) is 20.1 Å². The Balaban J connectivity index is 2.16. The lowest BCUT2D eigenvalue weighted by atomic mass is 10.3. The molecule has 2 rings (SSSR count). The summed E-state index contributed by atoms with van der Waals surface area (Å²) in [5.74, 6) is 0.588. The maximum Gasteiger partial charge on any atom is 0.287 e. The Morgan fingerprint density at radius 3 is 2.89 bits per heavy atom. The fraction of sp³-hybridized carbons (Fsp3) is 0.364. The van der Waals surface area contributed by atoms with Gasteiger partial charge in [-0.2, -0.15) is 0 Å². The molecule has 0 atom stereocenters. The molecule has 0 fully saturated rings. The molecule has 0 radical (unpaired) electrons. The second-order valence-electron chi connectivity index (χ2n) is 3.89. The molecule has 0 saturated heterocycles. The third-order valence-corrected chi connectivity index (χ3v) is 3.28. The van der Waals surface area contributed by atoms with Crippen LogP contribution >= 0.6 is 11.8 Å². The number of hydrogen-bond donors (Lipinski definition) is 0. The van der Waals surface area contributed by atoms with Crippen LogP contribution < -0.4 is 0 Å². The largest absolute Gasteiger partial charge is 0.416 e. The van der Waals surface area contributed by atoms with Gasteiger partial charge in [0, 0.05) is 12.5 Å². The van der Waals surface area contributed by atoms with Crippen molar-refractivity contribution in [2.45, 2.75) is 36.9 Å². The standard InChI is InChI=1S/C11H12N4O3S/c1-3-4-9-13-14-11(18-9)19-10-7(2)5-8(6-12-10)15(16)17/h5-6H,3-4H2,1-2H3. The summed E-state index contributed by atoms with van der Waals surface area (Å²) < 4.78 is 5.43. The number of nitrogens with zero attached hydrogens (tertiary/aromatic N) is 4. The first kappa shape index (κ1) is 13.5. The van der Waals surface area contributed by atoms with Gasteiger partial charge in [0.15, 0.2) is 0 Å². The first-order chi connectivity index (χ1) is 9.10. The summed E-state index contributed by atoms with van der Waals surface area (Å²) in [5.41, 5.74) is 0.675. The van der Waals surface area contributed by atoms with Gasteiger partial charge in [-0.15, -0.1) is 10.2 Å². The van der Waals surface area contributed by atoms with E-state index in [2.05, 4.69) is 15.2 Å². The number of pyridine rings is 1. The van der Waals surface area contributed by atoms with Crippen molar-refractivity contribution in [3.63, 3.8) is 0 Å². The van der Waals surface area contributed by atoms with Crippen LogP contribution in [-0.2, 0) is 6.42 Å². The minimum Gasteiger partial charge on any atom is -0.416 e. The van der Waals surface area contributed by atoms with E-state index in [1.54, 1.807) is 6.92 Å². The monoisotopic (exact) mass is 280 g/mol. The molecule has 2 heterocycles. The maximum atomic E-state index is 10.6. The topological polar surface area (TPSA) is 95.0 Å². The summed E-state index contributed by atoms with van der Waals surface area (Å²) in [6.45, 7) is 3.78. The van der Waals surface area contributed by atoms with Crippen LogP contribution in [0.15, 0.2) is 26.9 Å². The highest BCUT2D eigenvalue weighted by Crippen LogP contribution is 2.29. The molecule has 100 valence electrons. The fourth-order valence-electron chi connectivity index (χ4n) is 1.43. The maximum absolute atomic E-state index is 10.6. The van der Waals surface area contributed by atoms with Crippen molar-refractivity contribution >= 4 is 17.4 Å². The van der Waals surface area contributed by atoms with Gasteiger partial charge in [-0.1, -0.05) is 6.92 Å². The highest BCUT2D eigenvalue weighted by atomic mass is 32.2. The first-order valence-electron chi connectivity index (χ1n) is 5.71. The van der Waals surface area contributed by atoms with Gasteiger partial charge in [-0.3, -0.25) is 10.1 Å². The lowest BCUT2D eigenvalue weighted by Crippen LogP contribution is -1.92. The molecule has 8 heteroatoms. The Morgan fingerprint density at radius 2 is 2.26 bits per heavy atom. The van der Waals surface area contributed by atoms with Crippen LogP contribution in [0.3, 0.4) is 0 Å². The summed E-state index contributed by atoms with van der Waals surface area (Å²) in [5, 5.41) is 19.4. The van der Waals surface area contributed by atoms with Gasteiger partial charge >= 0.3 is 0 Å². The van der Waals surface area contributed by atoms with Gasteiger partial charge in [0.2, 0.25) is 5.89 Å². The average Bonchev–Trinajstić information content (AvgIpc) is 2.79. The molecule has 0 unspecified atom stereocenters. The zero-order chi connectivity index (χ0) is 13.8. The first-order valence-corrected chi connectivity index (χ1v) is 6.53. The molecule has 0 spiro atoms. The molecule has 0 amide bonds. The van der Waals surface area contributed by atoms with Crippen molar-refractivity contribution < 1.29 is 9.34 Å². The minimum atomic E-state index is -0.472. The zero-order valence-corrected chi connectivity index (χ0v) is 11.3. The number of aromatic nitrogens is 3. The van der Waals surface area contributed by atoms with Gasteiger partial charge in [0.05, 0.1) is 4.92 Å². The van der Waals surface area contributed by atoms with E-state index in [0.717, 1.165) is 12.8 Å². The number of aryl methyl sites for hydroxylation is 2. The van der Waals surface area contributed by atoms with E-state index < -0.39 is 4.92 Å². The predicted octanol–water partition coefficient (Wildman–Crippen LogP) is 2.78. The number of rotatable bonds is 5. The van der Waals surface area contributed by atoms with Gasteiger partial charge in [-0.05, 0) is 30.7 Å². The second kappa shape index (κ2) is 5.79. The van der Waals surface area contributed by atoms with Crippen molar-refractivity contribution in [1.82, 2.24) is 15.2 Å². The third-order valence-electron chi connectivity index (χ3n) is 2.32. The third kappa shape index (κ3) is 3.28. The van der Waals surface area contributed by atoms with E-state index >= 15 is 0 Å². The molecule has 0 bridgehead atoms. The van der Waals surface area contributed by atoms with E-state index in [9.17, 15) is 10.1 Å². The highest BCUT2D eigenvalue weighted by molar-refractivity contribution is 7.99. The summed E-state index contributed by atoms with van der Waals surface area (Å²) in [6, 6.07) is 1.47. The molecule has 2 aromatic rings. The van der Waals surface area contributed by atoms with Crippen LogP contribution in [0.25, 0.3) is 0 Å². The lowest BCUT2D eigenvalue weighted by Gasteiger charge is -2.00. The Kier molecular flexibility index (Phi) is 4.10. The van der Waals surface area contributed by atoms with Gasteiger partial charge in [0.25, 0.3) is 10.9 Å². The van der Waals surface area contributed by atoms with Crippen molar-refractivity contribution in [3.05, 3.63) is 33.8 Å². The SMILES string of the molecule is CCCc1nnc(Sc2ncc([N+](=O)[O-])cc2C)o1. The lowest BCUT2D eigenvalue weighted by molar-refractivity contribution is -0.385. The average molecular weight is 280 g/mol. The molecular weight excluding hydrogens is 268 g/mol. The molecule has 0 saturated carbocycles. The predicted molar refractivity (Wildman–Crippen MR) is 68.0 cm³/mol. The number of nitro groups is 1. The van der Waals surface area contributed by atoms with Gasteiger partial charge in [-0.25, -0.2) is 4.98 Å². The summed E-state index contributed by atoms with van der Waals surface area (Å²) >= 11 is 1.21. The van der Waals surface area contributed by atoms with Gasteiger partial charge < -0.3 is 4.42 Å². The normalized spacial score (nSPS) is 10.6. The summed E-state index contributed by atoms with van der Waals surface area (Å²) in [4.78, 5) is 14.2. The molecule has 0 N–H and O–H groups in total. The van der Waals surface area contributed by atoms with Crippen LogP contribution in [0, 0.1) is 17.0 Å². The molecule has 0 aromatic carbocycles. The zero-order valence-electron chi connectivity index (χ0n) is 10.5. The van der Waals surface area contributed by atoms with Crippen molar-refractivity contribution in [2.24, 2.45) is 0 Å². The molecule has 0 aliphatic carbocycles. The van der Waals surface area contributed by atoms with E-state index in [-0.39, 0.29) is 5.69 Å². The Hall–Kier alpha value is -1.96. The van der Waals surface area contributed by atoms with Crippen LogP contribution in [0.2, 0.25) is 0 Å². The number of hydrogen-bond acceptors (Lipinski definition) is 7. The van der Waals surface area contributed by atoms with Gasteiger partial charge in [0.1, 0.15) is 11.2 Å². The van der Waals surface area contributed by atoms with Crippen LogP contribution in [0.5, 0.6) is 0 Å². The van der Waals surface area contributed by atoms with E-state index in [0.29, 0.717) is 21.7 Å². The Bertz CT molecular complexity index is 599. The van der Waals surface area contributed by atoms with E-state index in [1.807, 2.05) is 6.92 Å². The van der Waals surface area contributed by atoms with Crippen LogP contribution in [0.1, 0.15) is 24.8 Å². The minimum absolute atomic E-state index is 0.0287. The summed E-state index contributed by atoms with van der Waals surface area (Å²) in [7, 11) is 0. The quantitative estimate of drug-likeness (QED) is 0.613. The molecular formula is C11H12N4O3S. The van der Waals surface area contributed by atoms with E-state index in [4.69, 9.17) is 4.42 Å². The molecule has 0 aliphatic rings. The molecule has 19 heavy (non-hydrogen) atoms. The second-order valence-corrected chi connectivity index (χ2v) is 4.83. The Labute approximate surface area is 113 Å². The smallest absolute Gasteiger partial charge is 0.287 e. The molecule has 7 nitrogen and oxygen atoms in total. The highest BCUT2D eigenvalue weighted by Gasteiger charge is 2.13.